The number of nitrogens with zero attached hydrogens (tertiary/aromatic N) is 2. The standard InChI is InChI=1S/C16H11N5O3/c22-15-10-5-9(19-16(23)24)6-12-13(10)11(7-18-21-15)14(20-12)8-1-3-17-4-2-8/h1-7,19-20H,(H,21,22)(H,23,24). The van der Waals surface area contributed by atoms with Crippen LogP contribution in [0.15, 0.2) is 41.8 Å². The van der Waals surface area contributed by atoms with Gasteiger partial charge in [-0.3, -0.25) is 15.1 Å². The minimum Gasteiger partial charge on any atom is -0.465 e. The maximum Gasteiger partial charge on any atom is 0.409 e. The number of carboxylic acid groups (broad SMARTS) is 1. The van der Waals surface area contributed by atoms with E-state index in [9.17, 15) is 9.59 Å². The number of H-pyrrole nitrogens is 1. The zero-order chi connectivity index (χ0) is 16.7. The molecule has 8 heteroatoms. The van der Waals surface area contributed by atoms with Crippen molar-refractivity contribution >= 4 is 34.8 Å². The molecule has 8 nitrogen and oxygen atoms in total. The van der Waals surface area contributed by atoms with Crippen molar-refractivity contribution in [2.45, 2.75) is 0 Å². The van der Waals surface area contributed by atoms with Crippen LogP contribution in [0.4, 0.5) is 10.5 Å². The Balaban J connectivity index is 2.03. The minimum absolute atomic E-state index is 0.302. The molecule has 2 amide bonds. The zero-order valence-electron chi connectivity index (χ0n) is 12.2. The molecule has 0 unspecified atom stereocenters. The van der Waals surface area contributed by atoms with E-state index in [0.29, 0.717) is 22.2 Å². The van der Waals surface area contributed by atoms with Gasteiger partial charge in [0, 0.05) is 40.1 Å². The average molecular weight is 321 g/mol. The third kappa shape index (κ3) is 2.17. The van der Waals surface area contributed by atoms with Gasteiger partial charge < -0.3 is 10.1 Å². The fourth-order valence-corrected chi connectivity index (χ4v) is 2.82. The van der Waals surface area contributed by atoms with Crippen molar-refractivity contribution in [1.82, 2.24) is 15.4 Å². The molecule has 1 aliphatic rings. The molecule has 0 bridgehead atoms. The van der Waals surface area contributed by atoms with Crippen LogP contribution in [-0.2, 0) is 0 Å². The number of benzene rings is 1. The molecule has 4 N–H and O–H groups in total. The number of nitrogens with one attached hydrogen (secondary N) is 3. The SMILES string of the molecule is O=C(O)Nc1cc2c3c(c(-c4ccncc4)[nH]c3c1)C=NNC2=O. The van der Waals surface area contributed by atoms with E-state index in [0.717, 1.165) is 16.8 Å². The summed E-state index contributed by atoms with van der Waals surface area (Å²) in [7, 11) is 0. The number of hydrogen-bond acceptors (Lipinski definition) is 4. The van der Waals surface area contributed by atoms with E-state index in [2.05, 4.69) is 25.8 Å². The Kier molecular flexibility index (Phi) is 3.02. The van der Waals surface area contributed by atoms with E-state index in [1.54, 1.807) is 24.7 Å². The lowest BCUT2D eigenvalue weighted by Crippen LogP contribution is -2.17. The Bertz CT molecular complexity index is 1010. The summed E-state index contributed by atoms with van der Waals surface area (Å²) < 4.78 is 0. The number of hydrazone groups is 1. The van der Waals surface area contributed by atoms with Crippen LogP contribution in [0.5, 0.6) is 0 Å². The van der Waals surface area contributed by atoms with Crippen molar-refractivity contribution in [3.8, 4) is 11.3 Å². The third-order valence-electron chi connectivity index (χ3n) is 3.76. The first-order valence-electron chi connectivity index (χ1n) is 7.07. The van der Waals surface area contributed by atoms with Crippen LogP contribution in [0.25, 0.3) is 22.2 Å². The van der Waals surface area contributed by atoms with Gasteiger partial charge >= 0.3 is 6.09 Å². The fourth-order valence-electron chi connectivity index (χ4n) is 2.82. The fraction of sp³-hybridized carbons (Fsp3) is 0. The van der Waals surface area contributed by atoms with Gasteiger partial charge in [0.2, 0.25) is 0 Å². The number of pyridine rings is 1. The first-order chi connectivity index (χ1) is 11.6. The molecule has 0 atom stereocenters. The van der Waals surface area contributed by atoms with Crippen LogP contribution in [0.2, 0.25) is 0 Å². The third-order valence-corrected chi connectivity index (χ3v) is 3.76. The predicted molar refractivity (Wildman–Crippen MR) is 88.2 cm³/mol. The smallest absolute Gasteiger partial charge is 0.409 e. The maximum absolute atomic E-state index is 12.3. The molecular formula is C16H11N5O3. The Labute approximate surface area is 135 Å². The van der Waals surface area contributed by atoms with Crippen LogP contribution < -0.4 is 10.7 Å². The lowest BCUT2D eigenvalue weighted by Gasteiger charge is -2.05. The molecule has 0 aliphatic carbocycles. The highest BCUT2D eigenvalue weighted by atomic mass is 16.4. The van der Waals surface area contributed by atoms with Crippen molar-refractivity contribution < 1.29 is 14.7 Å². The first-order valence-corrected chi connectivity index (χ1v) is 7.07. The summed E-state index contributed by atoms with van der Waals surface area (Å²) in [5, 5.41) is 15.8. The second kappa shape index (κ2) is 5.20. The highest BCUT2D eigenvalue weighted by molar-refractivity contribution is 6.18. The molecule has 118 valence electrons. The van der Waals surface area contributed by atoms with Gasteiger partial charge in [0.1, 0.15) is 0 Å². The zero-order valence-corrected chi connectivity index (χ0v) is 12.2. The van der Waals surface area contributed by atoms with Gasteiger partial charge in [0.05, 0.1) is 17.5 Å². The van der Waals surface area contributed by atoms with Crippen LogP contribution in [0, 0.1) is 0 Å². The Hall–Kier alpha value is -3.68. The number of amides is 2. The molecule has 3 aromatic rings. The molecule has 0 saturated carbocycles. The van der Waals surface area contributed by atoms with E-state index in [-0.39, 0.29) is 0 Å². The van der Waals surface area contributed by atoms with Gasteiger partial charge in [0.15, 0.2) is 0 Å². The van der Waals surface area contributed by atoms with Crippen molar-refractivity contribution in [2.75, 3.05) is 5.32 Å². The Morgan fingerprint density at radius 3 is 2.75 bits per heavy atom. The molecule has 1 aliphatic heterocycles. The number of anilines is 1. The second-order valence-corrected chi connectivity index (χ2v) is 5.23. The lowest BCUT2D eigenvalue weighted by molar-refractivity contribution is 0.0957. The first kappa shape index (κ1) is 13.9. The highest BCUT2D eigenvalue weighted by Crippen LogP contribution is 2.34. The summed E-state index contributed by atoms with van der Waals surface area (Å²) in [4.78, 5) is 30.4. The molecule has 1 aromatic carbocycles. The summed E-state index contributed by atoms with van der Waals surface area (Å²) in [6.07, 6.45) is 3.72. The van der Waals surface area contributed by atoms with Crippen molar-refractivity contribution in [3.63, 3.8) is 0 Å². The topological polar surface area (TPSA) is 119 Å². The van der Waals surface area contributed by atoms with Gasteiger partial charge in [-0.1, -0.05) is 0 Å². The average Bonchev–Trinajstić information content (AvgIpc) is 2.84. The number of hydrogen-bond donors (Lipinski definition) is 4. The summed E-state index contributed by atoms with van der Waals surface area (Å²) in [6.45, 7) is 0. The van der Waals surface area contributed by atoms with E-state index in [4.69, 9.17) is 5.11 Å². The molecular weight excluding hydrogens is 310 g/mol. The minimum atomic E-state index is -1.20. The van der Waals surface area contributed by atoms with E-state index in [1.807, 2.05) is 12.1 Å². The predicted octanol–water partition coefficient (Wildman–Crippen LogP) is 2.40. The Morgan fingerprint density at radius 1 is 1.21 bits per heavy atom. The summed E-state index contributed by atoms with van der Waals surface area (Å²) in [6, 6.07) is 6.82. The van der Waals surface area contributed by atoms with E-state index in [1.165, 1.54) is 6.07 Å². The number of carbonyl (C=O) groups excluding carboxylic acids is 1. The number of carbonyl (C=O) groups is 2. The molecule has 24 heavy (non-hydrogen) atoms. The molecule has 4 rings (SSSR count). The Morgan fingerprint density at radius 2 is 2.00 bits per heavy atom. The number of rotatable bonds is 2. The summed E-state index contributed by atoms with van der Waals surface area (Å²) >= 11 is 0. The molecule has 3 heterocycles. The molecule has 0 saturated heterocycles. The van der Waals surface area contributed by atoms with Crippen molar-refractivity contribution in [2.24, 2.45) is 5.10 Å². The maximum atomic E-state index is 12.3. The molecule has 0 spiro atoms. The monoisotopic (exact) mass is 321 g/mol. The number of aromatic amines is 1. The number of aromatic nitrogens is 2. The second-order valence-electron chi connectivity index (χ2n) is 5.23. The summed E-state index contributed by atoms with van der Waals surface area (Å²) in [5.74, 6) is -0.399. The molecule has 0 fully saturated rings. The van der Waals surface area contributed by atoms with Crippen LogP contribution in [0.3, 0.4) is 0 Å². The van der Waals surface area contributed by atoms with Gasteiger partial charge in [0.25, 0.3) is 5.91 Å². The summed E-state index contributed by atoms with van der Waals surface area (Å²) in [5.41, 5.74) is 6.14. The largest absolute Gasteiger partial charge is 0.465 e. The quantitative estimate of drug-likeness (QED) is 0.579. The van der Waals surface area contributed by atoms with E-state index >= 15 is 0 Å². The van der Waals surface area contributed by atoms with Crippen molar-refractivity contribution in [3.05, 3.63) is 47.8 Å². The molecule has 2 aromatic heterocycles. The normalized spacial score (nSPS) is 12.8. The van der Waals surface area contributed by atoms with Crippen LogP contribution in [0.1, 0.15) is 15.9 Å². The van der Waals surface area contributed by atoms with Gasteiger partial charge in [-0.05, 0) is 24.3 Å². The van der Waals surface area contributed by atoms with Gasteiger partial charge in [-0.25, -0.2) is 10.2 Å². The van der Waals surface area contributed by atoms with Gasteiger partial charge in [-0.2, -0.15) is 5.10 Å². The van der Waals surface area contributed by atoms with Crippen molar-refractivity contribution in [1.29, 1.82) is 0 Å². The van der Waals surface area contributed by atoms with Crippen LogP contribution in [-0.4, -0.2) is 33.3 Å². The van der Waals surface area contributed by atoms with Gasteiger partial charge in [-0.15, -0.1) is 0 Å². The van der Waals surface area contributed by atoms with Crippen LogP contribution >= 0.6 is 0 Å². The highest BCUT2D eigenvalue weighted by Gasteiger charge is 2.22. The van der Waals surface area contributed by atoms with E-state index < -0.39 is 12.0 Å². The molecule has 0 radical (unpaired) electrons. The lowest BCUT2D eigenvalue weighted by atomic mass is 10.0.